The predicted octanol–water partition coefficient (Wildman–Crippen LogP) is 3.32. The normalized spacial score (nSPS) is 9.83. The molecule has 0 unspecified atom stereocenters. The molecule has 0 radical (unpaired) electrons. The summed E-state index contributed by atoms with van der Waals surface area (Å²) >= 11 is 5.63. The summed E-state index contributed by atoms with van der Waals surface area (Å²) in [5, 5.41) is 8.86. The van der Waals surface area contributed by atoms with Crippen LogP contribution in [0.25, 0.3) is 0 Å². The van der Waals surface area contributed by atoms with Gasteiger partial charge >= 0.3 is 0 Å². The summed E-state index contributed by atoms with van der Waals surface area (Å²) in [6, 6.07) is 9.53. The van der Waals surface area contributed by atoms with Crippen LogP contribution in [0.15, 0.2) is 36.5 Å². The first kappa shape index (κ1) is 12.3. The molecule has 0 saturated heterocycles. The molecule has 0 aliphatic carbocycles. The summed E-state index contributed by atoms with van der Waals surface area (Å²) in [4.78, 5) is 3.91. The number of hydrogen-bond donors (Lipinski definition) is 0. The fourth-order valence-electron chi connectivity index (χ4n) is 1.38. The van der Waals surface area contributed by atoms with Crippen LogP contribution >= 0.6 is 11.6 Å². The minimum atomic E-state index is -0.497. The third-order valence-electron chi connectivity index (χ3n) is 2.28. The standard InChI is InChI=1S/C13H8ClFN2O/c14-11-6-10(3-4-12(11)15)18-8-9-2-1-5-17-13(9)7-16/h1-6H,8H2. The maximum Gasteiger partial charge on any atom is 0.147 e. The van der Waals surface area contributed by atoms with Crippen LogP contribution in [0, 0.1) is 17.1 Å². The Hall–Kier alpha value is -2.12. The van der Waals surface area contributed by atoms with Crippen molar-refractivity contribution >= 4 is 11.6 Å². The van der Waals surface area contributed by atoms with Gasteiger partial charge in [0.1, 0.15) is 29.9 Å². The number of hydrogen-bond acceptors (Lipinski definition) is 3. The smallest absolute Gasteiger partial charge is 0.147 e. The molecular formula is C13H8ClFN2O. The highest BCUT2D eigenvalue weighted by Gasteiger charge is 2.05. The summed E-state index contributed by atoms with van der Waals surface area (Å²) < 4.78 is 18.4. The Morgan fingerprint density at radius 2 is 2.22 bits per heavy atom. The molecule has 2 rings (SSSR count). The Bertz CT molecular complexity index is 610. The Kier molecular flexibility index (Phi) is 3.75. The van der Waals surface area contributed by atoms with Crippen molar-refractivity contribution in [1.82, 2.24) is 4.98 Å². The second kappa shape index (κ2) is 5.48. The van der Waals surface area contributed by atoms with Gasteiger partial charge in [0.05, 0.1) is 5.02 Å². The molecule has 0 fully saturated rings. The van der Waals surface area contributed by atoms with Crippen molar-refractivity contribution < 1.29 is 9.13 Å². The van der Waals surface area contributed by atoms with Crippen molar-refractivity contribution in [3.63, 3.8) is 0 Å². The first-order valence-corrected chi connectivity index (χ1v) is 5.50. The van der Waals surface area contributed by atoms with Crippen LogP contribution in [0.5, 0.6) is 5.75 Å². The molecule has 18 heavy (non-hydrogen) atoms. The van der Waals surface area contributed by atoms with E-state index in [4.69, 9.17) is 21.6 Å². The van der Waals surface area contributed by atoms with Crippen molar-refractivity contribution in [2.75, 3.05) is 0 Å². The lowest BCUT2D eigenvalue weighted by atomic mass is 10.2. The van der Waals surface area contributed by atoms with Crippen molar-refractivity contribution in [3.05, 3.63) is 58.6 Å². The van der Waals surface area contributed by atoms with Crippen LogP contribution in [0.4, 0.5) is 4.39 Å². The minimum Gasteiger partial charge on any atom is -0.489 e. The van der Waals surface area contributed by atoms with Crippen molar-refractivity contribution in [1.29, 1.82) is 5.26 Å². The molecule has 1 aromatic heterocycles. The van der Waals surface area contributed by atoms with E-state index in [1.54, 1.807) is 12.1 Å². The van der Waals surface area contributed by atoms with Gasteiger partial charge in [0, 0.05) is 17.8 Å². The van der Waals surface area contributed by atoms with E-state index in [0.717, 1.165) is 0 Å². The number of nitrogens with zero attached hydrogens (tertiary/aromatic N) is 2. The summed E-state index contributed by atoms with van der Waals surface area (Å²) in [5.41, 5.74) is 0.978. The Morgan fingerprint density at radius 1 is 1.39 bits per heavy atom. The average molecular weight is 263 g/mol. The van der Waals surface area contributed by atoms with E-state index >= 15 is 0 Å². The van der Waals surface area contributed by atoms with Crippen LogP contribution in [0.3, 0.4) is 0 Å². The molecule has 0 N–H and O–H groups in total. The summed E-state index contributed by atoms with van der Waals surface area (Å²) in [6.45, 7) is 0.179. The molecule has 0 saturated carbocycles. The molecule has 0 aliphatic heterocycles. The van der Waals surface area contributed by atoms with Crippen LogP contribution in [-0.2, 0) is 6.61 Å². The third-order valence-corrected chi connectivity index (χ3v) is 2.57. The zero-order valence-electron chi connectivity index (χ0n) is 9.23. The van der Waals surface area contributed by atoms with Gasteiger partial charge in [0.25, 0.3) is 0 Å². The highest BCUT2D eigenvalue weighted by atomic mass is 35.5. The lowest BCUT2D eigenvalue weighted by Crippen LogP contribution is -1.99. The van der Waals surface area contributed by atoms with Gasteiger partial charge in [-0.1, -0.05) is 17.7 Å². The van der Waals surface area contributed by atoms with E-state index in [2.05, 4.69) is 4.98 Å². The van der Waals surface area contributed by atoms with Crippen LogP contribution in [0.1, 0.15) is 11.3 Å². The Balaban J connectivity index is 2.12. The molecule has 0 bridgehead atoms. The van der Waals surface area contributed by atoms with E-state index in [1.165, 1.54) is 24.4 Å². The monoisotopic (exact) mass is 262 g/mol. The summed E-state index contributed by atoms with van der Waals surface area (Å²) in [7, 11) is 0. The zero-order chi connectivity index (χ0) is 13.0. The van der Waals surface area contributed by atoms with E-state index in [-0.39, 0.29) is 11.6 Å². The van der Waals surface area contributed by atoms with Crippen LogP contribution in [-0.4, -0.2) is 4.98 Å². The van der Waals surface area contributed by atoms with Gasteiger partial charge in [-0.25, -0.2) is 9.37 Å². The number of rotatable bonds is 3. The molecule has 90 valence electrons. The first-order chi connectivity index (χ1) is 8.70. The summed E-state index contributed by atoms with van der Waals surface area (Å²) in [6.07, 6.45) is 1.54. The molecule has 3 nitrogen and oxygen atoms in total. The largest absolute Gasteiger partial charge is 0.489 e. The Labute approximate surface area is 108 Å². The number of nitriles is 1. The second-order valence-corrected chi connectivity index (χ2v) is 3.89. The van der Waals surface area contributed by atoms with Gasteiger partial charge in [-0.2, -0.15) is 5.26 Å². The molecule has 1 heterocycles. The highest BCUT2D eigenvalue weighted by Crippen LogP contribution is 2.22. The number of benzene rings is 1. The minimum absolute atomic E-state index is 0.000747. The maximum absolute atomic E-state index is 12.9. The topological polar surface area (TPSA) is 45.9 Å². The molecular weight excluding hydrogens is 255 g/mol. The lowest BCUT2D eigenvalue weighted by Gasteiger charge is -2.07. The van der Waals surface area contributed by atoms with E-state index < -0.39 is 5.82 Å². The summed E-state index contributed by atoms with van der Waals surface area (Å²) in [5.74, 6) is -0.0581. The fraction of sp³-hybridized carbons (Fsp3) is 0.0769. The van der Waals surface area contributed by atoms with Crippen molar-refractivity contribution in [3.8, 4) is 11.8 Å². The van der Waals surface area contributed by atoms with Gasteiger partial charge in [0.2, 0.25) is 0 Å². The van der Waals surface area contributed by atoms with Gasteiger partial charge in [0.15, 0.2) is 0 Å². The SMILES string of the molecule is N#Cc1ncccc1COc1ccc(F)c(Cl)c1. The Morgan fingerprint density at radius 3 is 2.94 bits per heavy atom. The quantitative estimate of drug-likeness (QED) is 0.852. The van der Waals surface area contributed by atoms with E-state index in [9.17, 15) is 4.39 Å². The van der Waals surface area contributed by atoms with Gasteiger partial charge in [-0.05, 0) is 18.2 Å². The average Bonchev–Trinajstić information content (AvgIpc) is 2.40. The zero-order valence-corrected chi connectivity index (χ0v) is 9.99. The number of aromatic nitrogens is 1. The second-order valence-electron chi connectivity index (χ2n) is 3.49. The number of ether oxygens (including phenoxy) is 1. The molecule has 1 aromatic carbocycles. The first-order valence-electron chi connectivity index (χ1n) is 5.12. The van der Waals surface area contributed by atoms with Crippen molar-refractivity contribution in [2.24, 2.45) is 0 Å². The number of halogens is 2. The fourth-order valence-corrected chi connectivity index (χ4v) is 1.55. The highest BCUT2D eigenvalue weighted by molar-refractivity contribution is 6.30. The van der Waals surface area contributed by atoms with Crippen LogP contribution < -0.4 is 4.74 Å². The molecule has 2 aromatic rings. The molecule has 0 atom stereocenters. The predicted molar refractivity (Wildman–Crippen MR) is 64.7 cm³/mol. The third kappa shape index (κ3) is 2.76. The number of pyridine rings is 1. The lowest BCUT2D eigenvalue weighted by molar-refractivity contribution is 0.305. The van der Waals surface area contributed by atoms with E-state index in [0.29, 0.717) is 17.0 Å². The molecule has 5 heteroatoms. The molecule has 0 aliphatic rings. The van der Waals surface area contributed by atoms with Crippen LogP contribution in [0.2, 0.25) is 5.02 Å². The molecule has 0 amide bonds. The van der Waals surface area contributed by atoms with Gasteiger partial charge in [-0.3, -0.25) is 0 Å². The maximum atomic E-state index is 12.9. The van der Waals surface area contributed by atoms with E-state index in [1.807, 2.05) is 6.07 Å². The van der Waals surface area contributed by atoms with Crippen molar-refractivity contribution in [2.45, 2.75) is 6.61 Å². The molecule has 0 spiro atoms. The van der Waals surface area contributed by atoms with Gasteiger partial charge in [-0.15, -0.1) is 0 Å². The van der Waals surface area contributed by atoms with Gasteiger partial charge < -0.3 is 4.74 Å².